The van der Waals surface area contributed by atoms with Gasteiger partial charge in [0.1, 0.15) is 11.4 Å². The Balaban J connectivity index is 1.62. The number of hydrogen-bond donors (Lipinski definition) is 1. The van der Waals surface area contributed by atoms with Crippen LogP contribution in [0.2, 0.25) is 0 Å². The van der Waals surface area contributed by atoms with Crippen molar-refractivity contribution in [1.82, 2.24) is 15.1 Å². The first kappa shape index (κ1) is 17.5. The summed E-state index contributed by atoms with van der Waals surface area (Å²) in [6, 6.07) is 12.3. The monoisotopic (exact) mass is 393 g/mol. The Labute approximate surface area is 168 Å². The number of H-pyrrole nitrogens is 1. The highest BCUT2D eigenvalue weighted by Gasteiger charge is 2.45. The van der Waals surface area contributed by atoms with Crippen LogP contribution in [-0.2, 0) is 0 Å². The van der Waals surface area contributed by atoms with Crippen molar-refractivity contribution in [1.29, 1.82) is 0 Å². The Morgan fingerprint density at radius 1 is 1.14 bits per heavy atom. The highest BCUT2D eigenvalue weighted by Crippen LogP contribution is 2.46. The smallest absolute Gasteiger partial charge is 0.273 e. The molecule has 1 atom stereocenters. The topological polar surface area (TPSA) is 58.2 Å². The molecule has 0 bridgehead atoms. The van der Waals surface area contributed by atoms with Crippen LogP contribution in [0, 0.1) is 0 Å². The molecule has 0 radical (unpaired) electrons. The number of amides is 1. The van der Waals surface area contributed by atoms with Crippen molar-refractivity contribution in [3.63, 3.8) is 0 Å². The van der Waals surface area contributed by atoms with Crippen LogP contribution in [-0.4, -0.2) is 34.2 Å². The predicted octanol–water partition coefficient (Wildman–Crippen LogP) is 5.02. The van der Waals surface area contributed by atoms with E-state index >= 15 is 0 Å². The van der Waals surface area contributed by atoms with Gasteiger partial charge in [0, 0.05) is 22.0 Å². The summed E-state index contributed by atoms with van der Waals surface area (Å²) in [5.41, 5.74) is 3.53. The van der Waals surface area contributed by atoms with Crippen LogP contribution in [0.5, 0.6) is 5.75 Å². The van der Waals surface area contributed by atoms with Crippen LogP contribution in [0.1, 0.15) is 59.1 Å². The molecule has 28 heavy (non-hydrogen) atoms. The zero-order valence-corrected chi connectivity index (χ0v) is 16.7. The van der Waals surface area contributed by atoms with Gasteiger partial charge in [-0.2, -0.15) is 5.10 Å². The van der Waals surface area contributed by atoms with E-state index in [1.165, 1.54) is 24.1 Å². The van der Waals surface area contributed by atoms with Gasteiger partial charge in [0.15, 0.2) is 0 Å². The lowest BCUT2D eigenvalue weighted by atomic mass is 9.92. The van der Waals surface area contributed by atoms with E-state index in [4.69, 9.17) is 4.74 Å². The number of nitrogens with one attached hydrogen (secondary N) is 1. The average Bonchev–Trinajstić information content (AvgIpc) is 3.47. The molecule has 1 amide bonds. The molecule has 5 rings (SSSR count). The number of nitrogens with zero attached hydrogens (tertiary/aromatic N) is 2. The molecule has 1 N–H and O–H groups in total. The molecule has 0 saturated heterocycles. The van der Waals surface area contributed by atoms with Crippen molar-refractivity contribution in [3.8, 4) is 17.0 Å². The standard InChI is InChI=1S/C22H23N3O2S/c1-27-16-11-9-14(10-12-16)19-18-20(24-23-19)22(26)25(15-6-3-2-4-7-15)21(18)17-8-5-13-28-17/h5,8-13,15,21H,2-4,6-7H2,1H3,(H,23,24). The molecular formula is C22H23N3O2S. The van der Waals surface area contributed by atoms with Gasteiger partial charge in [-0.05, 0) is 48.6 Å². The van der Waals surface area contributed by atoms with Crippen LogP contribution in [0.25, 0.3) is 11.3 Å². The molecule has 1 unspecified atom stereocenters. The molecule has 1 aliphatic carbocycles. The van der Waals surface area contributed by atoms with Gasteiger partial charge in [0.05, 0.1) is 18.8 Å². The molecule has 3 aromatic rings. The molecule has 5 nitrogen and oxygen atoms in total. The minimum Gasteiger partial charge on any atom is -0.497 e. The van der Waals surface area contributed by atoms with Crippen molar-refractivity contribution in [3.05, 3.63) is 57.9 Å². The lowest BCUT2D eigenvalue weighted by Crippen LogP contribution is -2.40. The number of carbonyl (C=O) groups is 1. The fourth-order valence-corrected chi connectivity index (χ4v) is 5.43. The second kappa shape index (κ2) is 7.09. The van der Waals surface area contributed by atoms with Crippen LogP contribution < -0.4 is 4.74 Å². The van der Waals surface area contributed by atoms with Gasteiger partial charge < -0.3 is 9.64 Å². The van der Waals surface area contributed by atoms with E-state index in [1.807, 2.05) is 24.3 Å². The fraction of sp³-hybridized carbons (Fsp3) is 0.364. The zero-order valence-electron chi connectivity index (χ0n) is 15.9. The summed E-state index contributed by atoms with van der Waals surface area (Å²) in [5, 5.41) is 9.69. The third kappa shape index (κ3) is 2.75. The highest BCUT2D eigenvalue weighted by atomic mass is 32.1. The molecule has 1 saturated carbocycles. The molecule has 0 spiro atoms. The van der Waals surface area contributed by atoms with E-state index in [0.717, 1.165) is 35.4 Å². The molecule has 144 valence electrons. The van der Waals surface area contributed by atoms with Crippen LogP contribution in [0.4, 0.5) is 0 Å². The molecular weight excluding hydrogens is 370 g/mol. The third-order valence-corrected chi connectivity index (χ3v) is 6.87. The first-order valence-corrected chi connectivity index (χ1v) is 10.7. The minimum absolute atomic E-state index is 0.0542. The number of benzene rings is 1. The number of carbonyl (C=O) groups excluding carboxylic acids is 1. The van der Waals surface area contributed by atoms with E-state index in [9.17, 15) is 4.79 Å². The molecule has 1 fully saturated rings. The maximum atomic E-state index is 13.4. The molecule has 2 aliphatic rings. The van der Waals surface area contributed by atoms with Gasteiger partial charge in [-0.1, -0.05) is 25.3 Å². The Kier molecular flexibility index (Phi) is 4.43. The molecule has 3 heterocycles. The van der Waals surface area contributed by atoms with Crippen LogP contribution in [0.15, 0.2) is 41.8 Å². The number of ether oxygens (including phenoxy) is 1. The normalized spacial score (nSPS) is 19.8. The predicted molar refractivity (Wildman–Crippen MR) is 110 cm³/mol. The summed E-state index contributed by atoms with van der Waals surface area (Å²) in [6.07, 6.45) is 5.84. The quantitative estimate of drug-likeness (QED) is 0.677. The van der Waals surface area contributed by atoms with Gasteiger partial charge in [0.25, 0.3) is 5.91 Å². The van der Waals surface area contributed by atoms with E-state index in [-0.39, 0.29) is 11.9 Å². The average molecular weight is 394 g/mol. The largest absolute Gasteiger partial charge is 0.497 e. The van der Waals surface area contributed by atoms with E-state index in [0.29, 0.717) is 11.7 Å². The van der Waals surface area contributed by atoms with Crippen molar-refractivity contribution in [2.75, 3.05) is 7.11 Å². The lowest BCUT2D eigenvalue weighted by molar-refractivity contribution is 0.0609. The number of methoxy groups -OCH3 is 1. The van der Waals surface area contributed by atoms with Crippen molar-refractivity contribution in [2.24, 2.45) is 0 Å². The lowest BCUT2D eigenvalue weighted by Gasteiger charge is -2.35. The first-order valence-electron chi connectivity index (χ1n) is 9.86. The number of fused-ring (bicyclic) bond motifs is 1. The fourth-order valence-electron chi connectivity index (χ4n) is 4.60. The summed E-state index contributed by atoms with van der Waals surface area (Å²) < 4.78 is 5.28. The van der Waals surface area contributed by atoms with Crippen LogP contribution in [0.3, 0.4) is 0 Å². The van der Waals surface area contributed by atoms with Gasteiger partial charge in [0.2, 0.25) is 0 Å². The van der Waals surface area contributed by atoms with Gasteiger partial charge >= 0.3 is 0 Å². The van der Waals surface area contributed by atoms with Gasteiger partial charge in [-0.25, -0.2) is 0 Å². The summed E-state index contributed by atoms with van der Waals surface area (Å²) in [6.45, 7) is 0. The Hall–Kier alpha value is -2.60. The second-order valence-corrected chi connectivity index (χ2v) is 8.49. The third-order valence-electron chi connectivity index (χ3n) is 5.95. The maximum Gasteiger partial charge on any atom is 0.273 e. The van der Waals surface area contributed by atoms with E-state index in [1.54, 1.807) is 18.4 Å². The maximum absolute atomic E-state index is 13.4. The van der Waals surface area contributed by atoms with Gasteiger partial charge in [-0.15, -0.1) is 11.3 Å². The Morgan fingerprint density at radius 2 is 1.93 bits per heavy atom. The van der Waals surface area contributed by atoms with Crippen molar-refractivity contribution < 1.29 is 9.53 Å². The van der Waals surface area contributed by atoms with Gasteiger partial charge in [-0.3, -0.25) is 9.89 Å². The number of aromatic nitrogens is 2. The minimum atomic E-state index is -0.0542. The number of hydrogen-bond acceptors (Lipinski definition) is 4. The van der Waals surface area contributed by atoms with E-state index in [2.05, 4.69) is 32.6 Å². The SMILES string of the molecule is COc1ccc(-c2n[nH]c3c2C(c2cccs2)N(C2CCCCC2)C3=O)cc1. The number of thiophene rings is 1. The molecule has 6 heteroatoms. The van der Waals surface area contributed by atoms with Crippen molar-refractivity contribution in [2.45, 2.75) is 44.2 Å². The first-order chi connectivity index (χ1) is 13.8. The van der Waals surface area contributed by atoms with Crippen molar-refractivity contribution >= 4 is 17.2 Å². The Bertz CT molecular complexity index is 972. The van der Waals surface area contributed by atoms with Crippen LogP contribution >= 0.6 is 11.3 Å². The molecule has 2 aromatic heterocycles. The number of aromatic amines is 1. The molecule has 1 aliphatic heterocycles. The van der Waals surface area contributed by atoms with E-state index < -0.39 is 0 Å². The Morgan fingerprint density at radius 3 is 2.61 bits per heavy atom. The summed E-state index contributed by atoms with van der Waals surface area (Å²) in [7, 11) is 1.66. The summed E-state index contributed by atoms with van der Waals surface area (Å²) >= 11 is 1.71. The second-order valence-electron chi connectivity index (χ2n) is 7.51. The highest BCUT2D eigenvalue weighted by molar-refractivity contribution is 7.10. The summed E-state index contributed by atoms with van der Waals surface area (Å²) in [4.78, 5) is 16.7. The molecule has 1 aromatic carbocycles. The summed E-state index contributed by atoms with van der Waals surface area (Å²) in [5.74, 6) is 0.901. The zero-order chi connectivity index (χ0) is 19.1. The number of rotatable bonds is 4.